The molecule has 1 aromatic carbocycles. The van der Waals surface area contributed by atoms with Crippen molar-refractivity contribution in [3.63, 3.8) is 0 Å². The molecule has 0 saturated carbocycles. The molecular formula is C19H17N5O. The van der Waals surface area contributed by atoms with Crippen molar-refractivity contribution in [3.05, 3.63) is 78.4 Å². The van der Waals surface area contributed by atoms with Crippen molar-refractivity contribution in [1.82, 2.24) is 24.3 Å². The number of amides is 1. The Morgan fingerprint density at radius 3 is 2.72 bits per heavy atom. The first-order valence-corrected chi connectivity index (χ1v) is 8.00. The number of carbonyl (C=O) groups is 1. The van der Waals surface area contributed by atoms with Crippen LogP contribution in [0.3, 0.4) is 0 Å². The first kappa shape index (κ1) is 15.1. The number of nitrogens with zero attached hydrogens (tertiary/aromatic N) is 4. The molecule has 0 radical (unpaired) electrons. The van der Waals surface area contributed by atoms with Gasteiger partial charge in [-0.3, -0.25) is 9.20 Å². The minimum absolute atomic E-state index is 0.140. The van der Waals surface area contributed by atoms with Gasteiger partial charge in [0.05, 0.1) is 0 Å². The number of aromatic nitrogens is 4. The lowest BCUT2D eigenvalue weighted by atomic mass is 10.2. The second-order valence-electron chi connectivity index (χ2n) is 5.82. The van der Waals surface area contributed by atoms with Crippen LogP contribution < -0.4 is 0 Å². The number of nitrogens with one attached hydrogen (secondary N) is 1. The molecule has 3 aromatic heterocycles. The molecule has 0 saturated heterocycles. The number of rotatable bonds is 4. The monoisotopic (exact) mass is 331 g/mol. The summed E-state index contributed by atoms with van der Waals surface area (Å²) in [6.07, 6.45) is 5.29. The van der Waals surface area contributed by atoms with Crippen LogP contribution in [0.5, 0.6) is 0 Å². The van der Waals surface area contributed by atoms with Gasteiger partial charge in [-0.25, -0.2) is 9.97 Å². The van der Waals surface area contributed by atoms with Gasteiger partial charge in [-0.1, -0.05) is 36.4 Å². The summed E-state index contributed by atoms with van der Waals surface area (Å²) < 4.78 is 1.88. The Hall–Kier alpha value is -3.41. The third-order valence-corrected chi connectivity index (χ3v) is 4.06. The van der Waals surface area contributed by atoms with Crippen molar-refractivity contribution in [3.8, 4) is 11.5 Å². The fourth-order valence-corrected chi connectivity index (χ4v) is 2.88. The smallest absolute Gasteiger partial charge is 0.274 e. The van der Waals surface area contributed by atoms with Gasteiger partial charge in [0, 0.05) is 32.2 Å². The maximum absolute atomic E-state index is 13.0. The van der Waals surface area contributed by atoms with Crippen LogP contribution >= 0.6 is 0 Å². The van der Waals surface area contributed by atoms with E-state index in [0.29, 0.717) is 29.4 Å². The van der Waals surface area contributed by atoms with Crippen LogP contribution in [-0.4, -0.2) is 37.2 Å². The van der Waals surface area contributed by atoms with Crippen molar-refractivity contribution < 1.29 is 4.79 Å². The standard InChI is InChI=1S/C19H17N5O/c1-23(13-14-7-3-2-4-8-14)19(25)16-17(18-20-10-11-21-18)24-12-6-5-9-15(24)22-16/h2-12H,13H2,1H3,(H,20,21). The second kappa shape index (κ2) is 6.24. The molecule has 4 aromatic rings. The largest absolute Gasteiger partial charge is 0.343 e. The molecule has 3 heterocycles. The van der Waals surface area contributed by atoms with Crippen molar-refractivity contribution in [1.29, 1.82) is 0 Å². The highest BCUT2D eigenvalue weighted by atomic mass is 16.2. The number of pyridine rings is 1. The molecule has 124 valence electrons. The highest BCUT2D eigenvalue weighted by Gasteiger charge is 2.24. The van der Waals surface area contributed by atoms with Gasteiger partial charge in [-0.05, 0) is 17.7 Å². The van der Waals surface area contributed by atoms with Crippen LogP contribution in [0.15, 0.2) is 67.1 Å². The molecule has 0 unspecified atom stereocenters. The van der Waals surface area contributed by atoms with Crippen molar-refractivity contribution in [2.75, 3.05) is 7.05 Å². The molecule has 0 bridgehead atoms. The molecule has 1 amide bonds. The van der Waals surface area contributed by atoms with E-state index in [2.05, 4.69) is 15.0 Å². The number of imidazole rings is 2. The topological polar surface area (TPSA) is 66.3 Å². The molecule has 0 spiro atoms. The van der Waals surface area contributed by atoms with Crippen LogP contribution in [0.25, 0.3) is 17.2 Å². The maximum atomic E-state index is 13.0. The van der Waals surface area contributed by atoms with E-state index in [0.717, 1.165) is 5.56 Å². The molecule has 4 rings (SSSR count). The molecule has 1 N–H and O–H groups in total. The van der Waals surface area contributed by atoms with Crippen molar-refractivity contribution in [2.24, 2.45) is 0 Å². The van der Waals surface area contributed by atoms with Gasteiger partial charge in [-0.2, -0.15) is 0 Å². The van der Waals surface area contributed by atoms with Gasteiger partial charge in [0.15, 0.2) is 11.5 Å². The van der Waals surface area contributed by atoms with Gasteiger partial charge in [0.2, 0.25) is 0 Å². The Labute approximate surface area is 144 Å². The average molecular weight is 331 g/mol. The maximum Gasteiger partial charge on any atom is 0.274 e. The molecule has 0 aliphatic rings. The van der Waals surface area contributed by atoms with Crippen LogP contribution in [0, 0.1) is 0 Å². The first-order chi connectivity index (χ1) is 12.2. The highest BCUT2D eigenvalue weighted by Crippen LogP contribution is 2.23. The van der Waals surface area contributed by atoms with Crippen LogP contribution in [-0.2, 0) is 6.54 Å². The van der Waals surface area contributed by atoms with E-state index in [4.69, 9.17) is 0 Å². The summed E-state index contributed by atoms with van der Waals surface area (Å²) in [5.41, 5.74) is 2.84. The lowest BCUT2D eigenvalue weighted by Crippen LogP contribution is -2.27. The molecule has 0 atom stereocenters. The molecule has 25 heavy (non-hydrogen) atoms. The summed E-state index contributed by atoms with van der Waals surface area (Å²) >= 11 is 0. The number of hydrogen-bond acceptors (Lipinski definition) is 3. The Balaban J connectivity index is 1.75. The number of carbonyl (C=O) groups excluding carboxylic acids is 1. The van der Waals surface area contributed by atoms with E-state index in [-0.39, 0.29) is 5.91 Å². The SMILES string of the molecule is CN(Cc1ccccc1)C(=O)c1nc2ccccn2c1-c1ncc[nH]1. The van der Waals surface area contributed by atoms with Crippen molar-refractivity contribution in [2.45, 2.75) is 6.54 Å². The first-order valence-electron chi connectivity index (χ1n) is 8.00. The summed E-state index contributed by atoms with van der Waals surface area (Å²) in [5, 5.41) is 0. The minimum atomic E-state index is -0.140. The van der Waals surface area contributed by atoms with Crippen LogP contribution in [0.2, 0.25) is 0 Å². The molecular weight excluding hydrogens is 314 g/mol. The second-order valence-corrected chi connectivity index (χ2v) is 5.82. The molecule has 6 heteroatoms. The summed E-state index contributed by atoms with van der Waals surface area (Å²) in [6, 6.07) is 15.6. The zero-order valence-corrected chi connectivity index (χ0v) is 13.8. The average Bonchev–Trinajstić information content (AvgIpc) is 3.29. The number of benzene rings is 1. The van der Waals surface area contributed by atoms with E-state index in [1.54, 1.807) is 24.3 Å². The summed E-state index contributed by atoms with van der Waals surface area (Å²) in [6.45, 7) is 0.519. The molecule has 6 nitrogen and oxygen atoms in total. The Morgan fingerprint density at radius 1 is 1.16 bits per heavy atom. The van der Waals surface area contributed by atoms with Crippen molar-refractivity contribution >= 4 is 11.6 Å². The Kier molecular flexibility index (Phi) is 3.78. The van der Waals surface area contributed by atoms with Gasteiger partial charge in [0.1, 0.15) is 11.3 Å². The summed E-state index contributed by atoms with van der Waals surface area (Å²) in [5.74, 6) is 0.481. The lowest BCUT2D eigenvalue weighted by molar-refractivity contribution is 0.0780. The minimum Gasteiger partial charge on any atom is -0.343 e. The zero-order valence-electron chi connectivity index (χ0n) is 13.8. The van der Waals surface area contributed by atoms with E-state index in [1.165, 1.54) is 0 Å². The van der Waals surface area contributed by atoms with Gasteiger partial charge in [-0.15, -0.1) is 0 Å². The number of aromatic amines is 1. The predicted octanol–water partition coefficient (Wildman–Crippen LogP) is 3.00. The fraction of sp³-hybridized carbons (Fsp3) is 0.105. The van der Waals surface area contributed by atoms with Gasteiger partial charge in [0.25, 0.3) is 5.91 Å². The third kappa shape index (κ3) is 2.78. The lowest BCUT2D eigenvalue weighted by Gasteiger charge is -2.16. The van der Waals surface area contributed by atoms with Gasteiger partial charge >= 0.3 is 0 Å². The predicted molar refractivity (Wildman–Crippen MR) is 95.0 cm³/mol. The van der Waals surface area contributed by atoms with Crippen LogP contribution in [0.4, 0.5) is 0 Å². The molecule has 0 fully saturated rings. The number of hydrogen-bond donors (Lipinski definition) is 1. The number of fused-ring (bicyclic) bond motifs is 1. The Morgan fingerprint density at radius 2 is 1.96 bits per heavy atom. The van der Waals surface area contributed by atoms with E-state index < -0.39 is 0 Å². The molecule has 0 aliphatic heterocycles. The number of H-pyrrole nitrogens is 1. The van der Waals surface area contributed by atoms with Crippen LogP contribution in [0.1, 0.15) is 16.1 Å². The highest BCUT2D eigenvalue weighted by molar-refractivity contribution is 5.98. The fourth-order valence-electron chi connectivity index (χ4n) is 2.88. The Bertz CT molecular complexity index is 1000. The zero-order chi connectivity index (χ0) is 17.2. The summed E-state index contributed by atoms with van der Waals surface area (Å²) in [7, 11) is 1.78. The van der Waals surface area contributed by atoms with E-state index >= 15 is 0 Å². The third-order valence-electron chi connectivity index (χ3n) is 4.06. The summed E-state index contributed by atoms with van der Waals surface area (Å²) in [4.78, 5) is 26.6. The van der Waals surface area contributed by atoms with Gasteiger partial charge < -0.3 is 9.88 Å². The van der Waals surface area contributed by atoms with E-state index in [9.17, 15) is 4.79 Å². The van der Waals surface area contributed by atoms with E-state index in [1.807, 2.05) is 59.1 Å². The normalized spacial score (nSPS) is 10.9. The molecule has 0 aliphatic carbocycles. The quantitative estimate of drug-likeness (QED) is 0.625.